The van der Waals surface area contributed by atoms with Gasteiger partial charge >= 0.3 is 0 Å². The summed E-state index contributed by atoms with van der Waals surface area (Å²) in [6.07, 6.45) is 8.76. The smallest absolute Gasteiger partial charge is 0.106 e. The third-order valence-electron chi connectivity index (χ3n) is 3.45. The Morgan fingerprint density at radius 2 is 2.20 bits per heavy atom. The lowest BCUT2D eigenvalue weighted by molar-refractivity contribution is 0.285. The summed E-state index contributed by atoms with van der Waals surface area (Å²) in [7, 11) is 0. The Balaban J connectivity index is 1.69. The molecule has 1 saturated carbocycles. The Morgan fingerprint density at radius 3 is 2.80 bits per heavy atom. The van der Waals surface area contributed by atoms with E-state index < -0.39 is 0 Å². The molecule has 0 radical (unpaired) electrons. The molecule has 1 N–H and O–H groups in total. The standard InChI is InChI=1S/C12H20N2S/c1-2-10-3-5-11(6-4-10)14-9-12-13-7-8-15-12/h7-8,10-11,14H,2-6,9H2,1H3. The summed E-state index contributed by atoms with van der Waals surface area (Å²) in [5, 5.41) is 6.88. The molecule has 1 fully saturated rings. The van der Waals surface area contributed by atoms with Gasteiger partial charge in [0.15, 0.2) is 0 Å². The van der Waals surface area contributed by atoms with Crippen molar-refractivity contribution in [1.29, 1.82) is 0 Å². The SMILES string of the molecule is CCC1CCC(NCc2nccs2)CC1. The molecule has 1 aromatic heterocycles. The summed E-state index contributed by atoms with van der Waals surface area (Å²) in [6.45, 7) is 3.27. The van der Waals surface area contributed by atoms with Crippen LogP contribution >= 0.6 is 11.3 Å². The molecule has 2 rings (SSSR count). The molecule has 3 heteroatoms. The van der Waals surface area contributed by atoms with Crippen LogP contribution in [0, 0.1) is 5.92 Å². The van der Waals surface area contributed by atoms with Gasteiger partial charge in [-0.05, 0) is 31.6 Å². The molecule has 0 aromatic carbocycles. The van der Waals surface area contributed by atoms with Gasteiger partial charge in [-0.2, -0.15) is 0 Å². The van der Waals surface area contributed by atoms with Crippen LogP contribution in [0.5, 0.6) is 0 Å². The highest BCUT2D eigenvalue weighted by atomic mass is 32.1. The number of nitrogens with zero attached hydrogens (tertiary/aromatic N) is 1. The van der Waals surface area contributed by atoms with E-state index in [2.05, 4.69) is 17.2 Å². The minimum Gasteiger partial charge on any atom is -0.308 e. The number of nitrogens with one attached hydrogen (secondary N) is 1. The molecule has 0 spiro atoms. The van der Waals surface area contributed by atoms with Crippen molar-refractivity contribution in [3.05, 3.63) is 16.6 Å². The molecule has 1 aromatic rings. The molecule has 2 nitrogen and oxygen atoms in total. The fourth-order valence-electron chi connectivity index (χ4n) is 2.35. The van der Waals surface area contributed by atoms with Crippen molar-refractivity contribution >= 4 is 11.3 Å². The zero-order valence-electron chi connectivity index (χ0n) is 9.41. The van der Waals surface area contributed by atoms with Crippen molar-refractivity contribution in [2.24, 2.45) is 5.92 Å². The fourth-order valence-corrected chi connectivity index (χ4v) is 2.91. The van der Waals surface area contributed by atoms with Gasteiger partial charge in [-0.25, -0.2) is 4.98 Å². The first-order chi connectivity index (χ1) is 7.38. The van der Waals surface area contributed by atoms with E-state index in [9.17, 15) is 0 Å². The van der Waals surface area contributed by atoms with Crippen molar-refractivity contribution in [3.8, 4) is 0 Å². The van der Waals surface area contributed by atoms with Gasteiger partial charge in [0.05, 0.1) is 0 Å². The zero-order chi connectivity index (χ0) is 10.5. The van der Waals surface area contributed by atoms with Crippen molar-refractivity contribution in [1.82, 2.24) is 10.3 Å². The van der Waals surface area contributed by atoms with Crippen LogP contribution in [0.2, 0.25) is 0 Å². The third kappa shape index (κ3) is 3.28. The van der Waals surface area contributed by atoms with Crippen LogP contribution in [0.3, 0.4) is 0 Å². The maximum Gasteiger partial charge on any atom is 0.106 e. The van der Waals surface area contributed by atoms with Gasteiger partial charge in [0, 0.05) is 24.2 Å². The van der Waals surface area contributed by atoms with Crippen molar-refractivity contribution in [3.63, 3.8) is 0 Å². The van der Waals surface area contributed by atoms with Crippen LogP contribution in [0.25, 0.3) is 0 Å². The van der Waals surface area contributed by atoms with E-state index in [0.29, 0.717) is 0 Å². The average molecular weight is 224 g/mol. The first-order valence-electron chi connectivity index (χ1n) is 6.00. The molecule has 84 valence electrons. The van der Waals surface area contributed by atoms with Crippen LogP contribution in [-0.4, -0.2) is 11.0 Å². The Kier molecular flexibility index (Phi) is 4.15. The summed E-state index contributed by atoms with van der Waals surface area (Å²) < 4.78 is 0. The normalized spacial score (nSPS) is 26.7. The molecule has 0 bridgehead atoms. The number of rotatable bonds is 4. The average Bonchev–Trinajstić information content (AvgIpc) is 2.80. The molecule has 0 saturated heterocycles. The molecule has 1 aliphatic rings. The first-order valence-corrected chi connectivity index (χ1v) is 6.88. The first kappa shape index (κ1) is 11.1. The number of hydrogen-bond acceptors (Lipinski definition) is 3. The highest BCUT2D eigenvalue weighted by molar-refractivity contribution is 7.09. The second-order valence-electron chi connectivity index (χ2n) is 4.43. The summed E-state index contributed by atoms with van der Waals surface area (Å²) >= 11 is 1.74. The van der Waals surface area contributed by atoms with Gasteiger partial charge in [0.25, 0.3) is 0 Å². The summed E-state index contributed by atoms with van der Waals surface area (Å²) in [5.41, 5.74) is 0. The fraction of sp³-hybridized carbons (Fsp3) is 0.750. The largest absolute Gasteiger partial charge is 0.308 e. The lowest BCUT2D eigenvalue weighted by Gasteiger charge is -2.28. The maximum atomic E-state index is 4.29. The molecule has 15 heavy (non-hydrogen) atoms. The van der Waals surface area contributed by atoms with Crippen LogP contribution in [0.4, 0.5) is 0 Å². The summed E-state index contributed by atoms with van der Waals surface area (Å²) in [4.78, 5) is 4.29. The minimum absolute atomic E-state index is 0.733. The molecular weight excluding hydrogens is 204 g/mol. The Labute approximate surface area is 96.1 Å². The number of hydrogen-bond donors (Lipinski definition) is 1. The van der Waals surface area contributed by atoms with Gasteiger partial charge < -0.3 is 5.32 Å². The molecule has 0 amide bonds. The van der Waals surface area contributed by atoms with Crippen molar-refractivity contribution in [2.75, 3.05) is 0 Å². The van der Waals surface area contributed by atoms with Gasteiger partial charge in [-0.15, -0.1) is 11.3 Å². The van der Waals surface area contributed by atoms with E-state index >= 15 is 0 Å². The monoisotopic (exact) mass is 224 g/mol. The lowest BCUT2D eigenvalue weighted by Crippen LogP contribution is -2.32. The van der Waals surface area contributed by atoms with Crippen LogP contribution in [0.15, 0.2) is 11.6 Å². The molecular formula is C12H20N2S. The lowest BCUT2D eigenvalue weighted by atomic mass is 9.84. The molecule has 0 atom stereocenters. The quantitative estimate of drug-likeness (QED) is 0.849. The minimum atomic E-state index is 0.733. The summed E-state index contributed by atoms with van der Waals surface area (Å²) in [6, 6.07) is 0.733. The predicted octanol–water partition coefficient (Wildman–Crippen LogP) is 3.20. The van der Waals surface area contributed by atoms with Crippen molar-refractivity contribution < 1.29 is 0 Å². The molecule has 1 heterocycles. The Hall–Kier alpha value is -0.410. The second-order valence-corrected chi connectivity index (χ2v) is 5.41. The topological polar surface area (TPSA) is 24.9 Å². The van der Waals surface area contributed by atoms with E-state index in [1.165, 1.54) is 37.1 Å². The number of aromatic nitrogens is 1. The summed E-state index contributed by atoms with van der Waals surface area (Å²) in [5.74, 6) is 0.989. The van der Waals surface area contributed by atoms with Gasteiger partial charge in [-0.1, -0.05) is 13.3 Å². The molecule has 0 unspecified atom stereocenters. The van der Waals surface area contributed by atoms with E-state index in [0.717, 1.165) is 18.5 Å². The Bertz CT molecular complexity index is 263. The maximum absolute atomic E-state index is 4.29. The van der Waals surface area contributed by atoms with E-state index in [4.69, 9.17) is 0 Å². The second kappa shape index (κ2) is 5.61. The van der Waals surface area contributed by atoms with E-state index in [1.807, 2.05) is 11.6 Å². The Morgan fingerprint density at radius 1 is 1.40 bits per heavy atom. The van der Waals surface area contributed by atoms with Crippen LogP contribution in [0.1, 0.15) is 44.0 Å². The van der Waals surface area contributed by atoms with Crippen molar-refractivity contribution in [2.45, 2.75) is 51.6 Å². The zero-order valence-corrected chi connectivity index (χ0v) is 10.2. The van der Waals surface area contributed by atoms with Crippen LogP contribution in [-0.2, 0) is 6.54 Å². The van der Waals surface area contributed by atoms with E-state index in [-0.39, 0.29) is 0 Å². The number of thiazole rings is 1. The van der Waals surface area contributed by atoms with E-state index in [1.54, 1.807) is 11.3 Å². The van der Waals surface area contributed by atoms with Gasteiger partial charge in [0.2, 0.25) is 0 Å². The van der Waals surface area contributed by atoms with Gasteiger partial charge in [0.1, 0.15) is 5.01 Å². The molecule has 1 aliphatic carbocycles. The highest BCUT2D eigenvalue weighted by Crippen LogP contribution is 2.26. The molecule has 0 aliphatic heterocycles. The van der Waals surface area contributed by atoms with Crippen LogP contribution < -0.4 is 5.32 Å². The highest BCUT2D eigenvalue weighted by Gasteiger charge is 2.19. The van der Waals surface area contributed by atoms with Gasteiger partial charge in [-0.3, -0.25) is 0 Å². The predicted molar refractivity (Wildman–Crippen MR) is 65.0 cm³/mol. The third-order valence-corrected chi connectivity index (χ3v) is 4.23.